The summed E-state index contributed by atoms with van der Waals surface area (Å²) in [4.78, 5) is 0. The molecule has 0 unspecified atom stereocenters. The number of rotatable bonds is 0. The largest absolute Gasteiger partial charge is 0.251 e. The summed E-state index contributed by atoms with van der Waals surface area (Å²) in [7, 11) is 0. The van der Waals surface area contributed by atoms with Crippen LogP contribution in [0.2, 0.25) is 0 Å². The Morgan fingerprint density at radius 1 is 1.38 bits per heavy atom. The average molecular weight is 120 g/mol. The van der Waals surface area contributed by atoms with Gasteiger partial charge in [-0.2, -0.15) is 0 Å². The van der Waals surface area contributed by atoms with Gasteiger partial charge in [-0.25, -0.2) is 8.78 Å². The van der Waals surface area contributed by atoms with Gasteiger partial charge in [0.25, 0.3) is 5.92 Å². The predicted molar refractivity (Wildman–Crippen MR) is 27.9 cm³/mol. The van der Waals surface area contributed by atoms with E-state index in [1.807, 2.05) is 6.92 Å². The van der Waals surface area contributed by atoms with Crippen molar-refractivity contribution in [2.75, 3.05) is 0 Å². The van der Waals surface area contributed by atoms with Gasteiger partial charge in [0.2, 0.25) is 0 Å². The molecule has 2 atom stereocenters. The normalized spacial score (nSPS) is 43.5. The number of hydrogen-bond donors (Lipinski definition) is 0. The first-order valence-corrected chi connectivity index (χ1v) is 2.92. The van der Waals surface area contributed by atoms with Crippen LogP contribution >= 0.6 is 0 Å². The molecule has 0 radical (unpaired) electrons. The summed E-state index contributed by atoms with van der Waals surface area (Å²) in [5.74, 6) is -2.51. The SMILES string of the molecule is C[C@H]1CC(F)(F)[C@H]1C. The minimum atomic E-state index is -2.35. The van der Waals surface area contributed by atoms with Crippen LogP contribution in [0.5, 0.6) is 0 Å². The fraction of sp³-hybridized carbons (Fsp3) is 1.00. The van der Waals surface area contributed by atoms with Gasteiger partial charge in [0.1, 0.15) is 0 Å². The molecule has 0 N–H and O–H groups in total. The Hall–Kier alpha value is -0.140. The summed E-state index contributed by atoms with van der Waals surface area (Å²) >= 11 is 0. The van der Waals surface area contributed by atoms with E-state index in [2.05, 4.69) is 0 Å². The second kappa shape index (κ2) is 1.42. The third-order valence-corrected chi connectivity index (χ3v) is 2.11. The van der Waals surface area contributed by atoms with Crippen LogP contribution < -0.4 is 0 Å². The molecule has 1 rings (SSSR count). The van der Waals surface area contributed by atoms with Gasteiger partial charge in [-0.15, -0.1) is 0 Å². The maximum Gasteiger partial charge on any atom is 0.251 e. The Bertz CT molecular complexity index is 98.7. The molecule has 0 aromatic heterocycles. The summed E-state index contributed by atoms with van der Waals surface area (Å²) in [6, 6.07) is 0. The third kappa shape index (κ3) is 0.627. The molecule has 0 aliphatic heterocycles. The van der Waals surface area contributed by atoms with Crippen LogP contribution in [0.1, 0.15) is 20.3 Å². The summed E-state index contributed by atoms with van der Waals surface area (Å²) in [5, 5.41) is 0. The first-order valence-electron chi connectivity index (χ1n) is 2.92. The van der Waals surface area contributed by atoms with Crippen molar-refractivity contribution in [2.45, 2.75) is 26.2 Å². The van der Waals surface area contributed by atoms with E-state index in [-0.39, 0.29) is 18.3 Å². The predicted octanol–water partition coefficient (Wildman–Crippen LogP) is 2.30. The van der Waals surface area contributed by atoms with E-state index in [1.54, 1.807) is 6.92 Å². The molecule has 0 nitrogen and oxygen atoms in total. The van der Waals surface area contributed by atoms with Gasteiger partial charge in [-0.1, -0.05) is 13.8 Å². The second-order valence-electron chi connectivity index (χ2n) is 2.73. The summed E-state index contributed by atoms with van der Waals surface area (Å²) in [6.07, 6.45) is 0.0914. The zero-order valence-corrected chi connectivity index (χ0v) is 5.12. The molecule has 48 valence electrons. The first-order chi connectivity index (χ1) is 3.54. The Labute approximate surface area is 47.9 Å². The zero-order valence-electron chi connectivity index (χ0n) is 5.12. The molecule has 0 bridgehead atoms. The van der Waals surface area contributed by atoms with E-state index in [0.717, 1.165) is 0 Å². The van der Waals surface area contributed by atoms with Gasteiger partial charge >= 0.3 is 0 Å². The molecule has 0 spiro atoms. The highest BCUT2D eigenvalue weighted by Gasteiger charge is 2.50. The van der Waals surface area contributed by atoms with Crippen LogP contribution in [0, 0.1) is 11.8 Å². The molecule has 0 aromatic carbocycles. The summed E-state index contributed by atoms with van der Waals surface area (Å²) < 4.78 is 24.4. The fourth-order valence-corrected chi connectivity index (χ4v) is 1.05. The molecule has 8 heavy (non-hydrogen) atoms. The van der Waals surface area contributed by atoms with Crippen molar-refractivity contribution >= 4 is 0 Å². The molecule has 0 aromatic rings. The van der Waals surface area contributed by atoms with Crippen LogP contribution in [0.25, 0.3) is 0 Å². The first kappa shape index (κ1) is 5.99. The molecular formula is C6H10F2. The topological polar surface area (TPSA) is 0 Å². The lowest BCUT2D eigenvalue weighted by molar-refractivity contribution is -0.159. The van der Waals surface area contributed by atoms with Crippen molar-refractivity contribution in [3.05, 3.63) is 0 Å². The van der Waals surface area contributed by atoms with Crippen molar-refractivity contribution in [3.63, 3.8) is 0 Å². The monoisotopic (exact) mass is 120 g/mol. The molecule has 1 fully saturated rings. The number of alkyl halides is 2. The molecule has 2 heteroatoms. The standard InChI is InChI=1S/C6H10F2/c1-4-3-6(7,8)5(4)2/h4-5H,3H2,1-2H3/t4-,5-/m0/s1. The van der Waals surface area contributed by atoms with Gasteiger partial charge in [-0.3, -0.25) is 0 Å². The van der Waals surface area contributed by atoms with E-state index in [1.165, 1.54) is 0 Å². The smallest absolute Gasteiger partial charge is 0.207 e. The van der Waals surface area contributed by atoms with Crippen molar-refractivity contribution in [1.82, 2.24) is 0 Å². The van der Waals surface area contributed by atoms with E-state index in [9.17, 15) is 8.78 Å². The maximum absolute atomic E-state index is 12.2. The van der Waals surface area contributed by atoms with Crippen LogP contribution in [0.15, 0.2) is 0 Å². The highest BCUT2D eigenvalue weighted by molar-refractivity contribution is 4.90. The van der Waals surface area contributed by atoms with E-state index in [4.69, 9.17) is 0 Å². The van der Waals surface area contributed by atoms with E-state index < -0.39 is 5.92 Å². The highest BCUT2D eigenvalue weighted by atomic mass is 19.3. The summed E-state index contributed by atoms with van der Waals surface area (Å²) in [6.45, 7) is 3.47. The lowest BCUT2D eigenvalue weighted by atomic mass is 9.72. The highest BCUT2D eigenvalue weighted by Crippen LogP contribution is 2.47. The quantitative estimate of drug-likeness (QED) is 0.460. The number of halogens is 2. The molecule has 1 aliphatic carbocycles. The van der Waals surface area contributed by atoms with Gasteiger partial charge in [0, 0.05) is 12.3 Å². The van der Waals surface area contributed by atoms with Crippen LogP contribution in [0.3, 0.4) is 0 Å². The lowest BCUT2D eigenvalue weighted by Crippen LogP contribution is -2.43. The van der Waals surface area contributed by atoms with Crippen molar-refractivity contribution in [2.24, 2.45) is 11.8 Å². The molecule has 0 heterocycles. The van der Waals surface area contributed by atoms with Crippen molar-refractivity contribution < 1.29 is 8.78 Å². The summed E-state index contributed by atoms with van der Waals surface area (Å²) in [5.41, 5.74) is 0. The third-order valence-electron chi connectivity index (χ3n) is 2.11. The van der Waals surface area contributed by atoms with Crippen molar-refractivity contribution in [3.8, 4) is 0 Å². The fourth-order valence-electron chi connectivity index (χ4n) is 1.05. The Morgan fingerprint density at radius 2 is 1.88 bits per heavy atom. The maximum atomic E-state index is 12.2. The minimum Gasteiger partial charge on any atom is -0.207 e. The molecule has 1 saturated carbocycles. The van der Waals surface area contributed by atoms with Gasteiger partial charge in [-0.05, 0) is 5.92 Å². The molecule has 1 aliphatic rings. The Balaban J connectivity index is 2.47. The average Bonchev–Trinajstić information content (AvgIpc) is 1.65. The Morgan fingerprint density at radius 3 is 1.88 bits per heavy atom. The van der Waals surface area contributed by atoms with Crippen LogP contribution in [-0.4, -0.2) is 5.92 Å². The van der Waals surface area contributed by atoms with Crippen LogP contribution in [0.4, 0.5) is 8.78 Å². The zero-order chi connectivity index (χ0) is 6.36. The minimum absolute atomic E-state index is 0.0914. The number of hydrogen-bond acceptors (Lipinski definition) is 0. The van der Waals surface area contributed by atoms with Gasteiger partial charge in [0.05, 0.1) is 0 Å². The molecule has 0 saturated heterocycles. The van der Waals surface area contributed by atoms with Crippen LogP contribution in [-0.2, 0) is 0 Å². The molecular weight excluding hydrogens is 110 g/mol. The van der Waals surface area contributed by atoms with E-state index >= 15 is 0 Å². The lowest BCUT2D eigenvalue weighted by Gasteiger charge is -2.40. The van der Waals surface area contributed by atoms with Gasteiger partial charge < -0.3 is 0 Å². The van der Waals surface area contributed by atoms with E-state index in [0.29, 0.717) is 0 Å². The Kier molecular flexibility index (Phi) is 1.07. The second-order valence-corrected chi connectivity index (χ2v) is 2.73. The van der Waals surface area contributed by atoms with Gasteiger partial charge in [0.15, 0.2) is 0 Å². The van der Waals surface area contributed by atoms with Crippen molar-refractivity contribution in [1.29, 1.82) is 0 Å². The molecule has 0 amide bonds.